The van der Waals surface area contributed by atoms with Crippen LogP contribution in [0.25, 0.3) is 5.57 Å². The summed E-state index contributed by atoms with van der Waals surface area (Å²) in [4.78, 5) is 29.6. The van der Waals surface area contributed by atoms with Crippen molar-refractivity contribution < 1.29 is 9.59 Å². The largest absolute Gasteiger partial charge is 0.337 e. The molecule has 5 nitrogen and oxygen atoms in total. The van der Waals surface area contributed by atoms with E-state index >= 15 is 0 Å². The smallest absolute Gasteiger partial charge is 0.256 e. The van der Waals surface area contributed by atoms with Gasteiger partial charge in [-0.15, -0.1) is 0 Å². The van der Waals surface area contributed by atoms with Crippen molar-refractivity contribution >= 4 is 23.1 Å². The van der Waals surface area contributed by atoms with Crippen molar-refractivity contribution in [3.8, 4) is 0 Å². The van der Waals surface area contributed by atoms with E-state index in [-0.39, 0.29) is 11.8 Å². The van der Waals surface area contributed by atoms with Crippen molar-refractivity contribution in [3.05, 3.63) is 71.3 Å². The Morgan fingerprint density at radius 1 is 0.923 bits per heavy atom. The molecule has 2 aliphatic heterocycles. The second kappa shape index (κ2) is 6.77. The first-order valence-corrected chi connectivity index (χ1v) is 8.83. The van der Waals surface area contributed by atoms with Crippen LogP contribution in [0.2, 0.25) is 0 Å². The van der Waals surface area contributed by atoms with Gasteiger partial charge in [-0.1, -0.05) is 36.4 Å². The third kappa shape index (κ3) is 3.02. The molecule has 2 aliphatic rings. The van der Waals surface area contributed by atoms with Crippen LogP contribution in [0, 0.1) is 0 Å². The molecule has 0 atom stereocenters. The summed E-state index contributed by atoms with van der Waals surface area (Å²) in [5.41, 5.74) is 3.76. The molecule has 132 valence electrons. The molecule has 0 aliphatic carbocycles. The lowest BCUT2D eigenvalue weighted by Gasteiger charge is -2.32. The first kappa shape index (κ1) is 16.5. The molecule has 26 heavy (non-hydrogen) atoms. The Morgan fingerprint density at radius 2 is 1.54 bits per heavy atom. The van der Waals surface area contributed by atoms with E-state index in [1.807, 2.05) is 47.4 Å². The van der Waals surface area contributed by atoms with E-state index in [4.69, 9.17) is 0 Å². The molecule has 5 heteroatoms. The first-order valence-electron chi connectivity index (χ1n) is 8.83. The van der Waals surface area contributed by atoms with Crippen LogP contribution in [0.4, 0.5) is 5.69 Å². The minimum absolute atomic E-state index is 0.00736. The molecule has 2 heterocycles. The van der Waals surface area contributed by atoms with Gasteiger partial charge in [0.1, 0.15) is 0 Å². The van der Waals surface area contributed by atoms with Gasteiger partial charge in [0.25, 0.3) is 5.91 Å². The summed E-state index contributed by atoms with van der Waals surface area (Å²) in [6.07, 6.45) is 1.68. The molecule has 0 unspecified atom stereocenters. The molecule has 0 saturated carbocycles. The maximum Gasteiger partial charge on any atom is 0.256 e. The van der Waals surface area contributed by atoms with Crippen molar-refractivity contribution in [3.63, 3.8) is 0 Å². The van der Waals surface area contributed by atoms with Gasteiger partial charge in [0.2, 0.25) is 5.91 Å². The highest BCUT2D eigenvalue weighted by Gasteiger charge is 2.25. The molecule has 0 bridgehead atoms. The minimum atomic E-state index is -0.150. The third-order valence-electron chi connectivity index (χ3n) is 5.01. The number of carbonyl (C=O) groups excluding carboxylic acids is 2. The zero-order valence-corrected chi connectivity index (χ0v) is 14.7. The number of piperazine rings is 1. The van der Waals surface area contributed by atoms with Gasteiger partial charge in [0, 0.05) is 49.1 Å². The number of carbonyl (C=O) groups is 2. The summed E-state index contributed by atoms with van der Waals surface area (Å²) in [6, 6.07) is 15.1. The van der Waals surface area contributed by atoms with Gasteiger partial charge in [-0.2, -0.15) is 0 Å². The summed E-state index contributed by atoms with van der Waals surface area (Å²) < 4.78 is 0. The van der Waals surface area contributed by atoms with Crippen LogP contribution in [0.1, 0.15) is 21.5 Å². The standard InChI is InChI=1S/C21H21N3O2/c1-23-10-12-24(13-11-23)20(25)14-18-15-6-2-3-8-17(15)21(26)22-19-9-5-4-7-16(18)19/h2-9,14H,10-13H2,1H3,(H,22,26)/b18-14+. The van der Waals surface area contributed by atoms with Crippen LogP contribution in [0.5, 0.6) is 0 Å². The van der Waals surface area contributed by atoms with E-state index in [1.54, 1.807) is 12.1 Å². The van der Waals surface area contributed by atoms with Crippen molar-refractivity contribution in [2.45, 2.75) is 0 Å². The Bertz CT molecular complexity index is 896. The van der Waals surface area contributed by atoms with Gasteiger partial charge in [0.05, 0.1) is 0 Å². The molecule has 2 aromatic carbocycles. The lowest BCUT2D eigenvalue weighted by Crippen LogP contribution is -2.46. The van der Waals surface area contributed by atoms with Crippen LogP contribution >= 0.6 is 0 Å². The molecule has 1 saturated heterocycles. The molecule has 0 radical (unpaired) electrons. The predicted molar refractivity (Wildman–Crippen MR) is 102 cm³/mol. The second-order valence-corrected chi connectivity index (χ2v) is 6.73. The average Bonchev–Trinajstić information content (AvgIpc) is 2.78. The van der Waals surface area contributed by atoms with Gasteiger partial charge in [0.15, 0.2) is 0 Å². The van der Waals surface area contributed by atoms with Crippen molar-refractivity contribution in [2.75, 3.05) is 38.5 Å². The highest BCUT2D eigenvalue weighted by atomic mass is 16.2. The predicted octanol–water partition coefficient (Wildman–Crippen LogP) is 2.46. The summed E-state index contributed by atoms with van der Waals surface area (Å²) in [5, 5.41) is 2.96. The van der Waals surface area contributed by atoms with E-state index in [2.05, 4.69) is 17.3 Å². The summed E-state index contributed by atoms with van der Waals surface area (Å²) >= 11 is 0. The second-order valence-electron chi connectivity index (χ2n) is 6.73. The summed E-state index contributed by atoms with van der Waals surface area (Å²) in [7, 11) is 2.06. The highest BCUT2D eigenvalue weighted by molar-refractivity contribution is 6.14. The Kier molecular flexibility index (Phi) is 4.31. The van der Waals surface area contributed by atoms with Crippen LogP contribution < -0.4 is 5.32 Å². The number of likely N-dealkylation sites (N-methyl/N-ethyl adjacent to an activating group) is 1. The third-order valence-corrected chi connectivity index (χ3v) is 5.01. The average molecular weight is 347 g/mol. The van der Waals surface area contributed by atoms with E-state index < -0.39 is 0 Å². The normalized spacial score (nSPS) is 18.7. The summed E-state index contributed by atoms with van der Waals surface area (Å²) in [6.45, 7) is 3.20. The Morgan fingerprint density at radius 3 is 2.27 bits per heavy atom. The maximum atomic E-state index is 12.9. The molecule has 2 amide bonds. The zero-order valence-electron chi connectivity index (χ0n) is 14.7. The van der Waals surface area contributed by atoms with Crippen LogP contribution in [0.15, 0.2) is 54.6 Å². The van der Waals surface area contributed by atoms with Crippen LogP contribution in [-0.2, 0) is 4.79 Å². The topological polar surface area (TPSA) is 52.6 Å². The van der Waals surface area contributed by atoms with E-state index in [1.165, 1.54) is 0 Å². The monoisotopic (exact) mass is 347 g/mol. The van der Waals surface area contributed by atoms with E-state index in [0.717, 1.165) is 48.6 Å². The lowest BCUT2D eigenvalue weighted by atomic mass is 9.93. The van der Waals surface area contributed by atoms with E-state index in [9.17, 15) is 9.59 Å². The molecule has 0 spiro atoms. The number of fused-ring (bicyclic) bond motifs is 2. The van der Waals surface area contributed by atoms with Crippen molar-refractivity contribution in [1.82, 2.24) is 9.80 Å². The number of benzene rings is 2. The Labute approximate surface area is 152 Å². The SMILES string of the molecule is CN1CCN(C(=O)/C=C2/c3ccccc3NC(=O)c3ccccc32)CC1. The zero-order chi connectivity index (χ0) is 18.1. The molecule has 4 rings (SSSR count). The molecule has 0 aromatic heterocycles. The van der Waals surface area contributed by atoms with Crippen molar-refractivity contribution in [1.29, 1.82) is 0 Å². The number of hydrogen-bond acceptors (Lipinski definition) is 3. The van der Waals surface area contributed by atoms with Crippen LogP contribution in [0.3, 0.4) is 0 Å². The number of nitrogens with one attached hydrogen (secondary N) is 1. The fourth-order valence-corrected chi connectivity index (χ4v) is 3.47. The minimum Gasteiger partial charge on any atom is -0.337 e. The number of amides is 2. The molecular weight excluding hydrogens is 326 g/mol. The van der Waals surface area contributed by atoms with Gasteiger partial charge >= 0.3 is 0 Å². The fourth-order valence-electron chi connectivity index (χ4n) is 3.47. The van der Waals surface area contributed by atoms with E-state index in [0.29, 0.717) is 5.56 Å². The number of nitrogens with zero attached hydrogens (tertiary/aromatic N) is 2. The number of anilines is 1. The summed E-state index contributed by atoms with van der Waals surface area (Å²) in [5.74, 6) is -0.157. The molecule has 1 N–H and O–H groups in total. The molecular formula is C21H21N3O2. The Balaban J connectivity index is 1.80. The molecule has 2 aromatic rings. The first-order chi connectivity index (χ1) is 12.6. The Hall–Kier alpha value is -2.92. The fraction of sp³-hybridized carbons (Fsp3) is 0.238. The number of hydrogen-bond donors (Lipinski definition) is 1. The highest BCUT2D eigenvalue weighted by Crippen LogP contribution is 2.35. The van der Waals surface area contributed by atoms with Gasteiger partial charge in [-0.05, 0) is 30.3 Å². The number of rotatable bonds is 1. The quantitative estimate of drug-likeness (QED) is 0.807. The maximum absolute atomic E-state index is 12.9. The molecule has 1 fully saturated rings. The van der Waals surface area contributed by atoms with Gasteiger partial charge in [-0.25, -0.2) is 0 Å². The van der Waals surface area contributed by atoms with Gasteiger partial charge in [-0.3, -0.25) is 9.59 Å². The van der Waals surface area contributed by atoms with Crippen molar-refractivity contribution in [2.24, 2.45) is 0 Å². The van der Waals surface area contributed by atoms with Gasteiger partial charge < -0.3 is 15.1 Å². The van der Waals surface area contributed by atoms with Crippen LogP contribution in [-0.4, -0.2) is 54.8 Å². The lowest BCUT2D eigenvalue weighted by molar-refractivity contribution is -0.127. The number of para-hydroxylation sites is 1.